The minimum absolute atomic E-state index is 0.224. The van der Waals surface area contributed by atoms with Crippen LogP contribution >= 0.6 is 11.6 Å². The smallest absolute Gasteiger partial charge is 0.409 e. The number of sulfonamides is 1. The second-order valence-corrected chi connectivity index (χ2v) is 13.7. The van der Waals surface area contributed by atoms with Gasteiger partial charge in [0.1, 0.15) is 11.8 Å². The van der Waals surface area contributed by atoms with Gasteiger partial charge in [0.25, 0.3) is 10.0 Å². The Morgan fingerprint density at radius 1 is 1.02 bits per heavy atom. The van der Waals surface area contributed by atoms with E-state index >= 15 is 0 Å². The van der Waals surface area contributed by atoms with Crippen LogP contribution in [0.5, 0.6) is 0 Å². The number of hydrogen-bond acceptors (Lipinski definition) is 5. The summed E-state index contributed by atoms with van der Waals surface area (Å²) in [6, 6.07) is 22.2. The Morgan fingerprint density at radius 3 is 2.33 bits per heavy atom. The number of aryl methyl sites for hydroxylation is 1. The van der Waals surface area contributed by atoms with Crippen molar-refractivity contribution in [1.82, 2.24) is 9.62 Å². The molecule has 0 aliphatic carbocycles. The molecule has 2 atom stereocenters. The quantitative estimate of drug-likeness (QED) is 0.391. The minimum Gasteiger partial charge on any atom is -0.444 e. The number of nitrogens with one attached hydrogen (secondary N) is 1. The molecule has 1 N–H and O–H groups in total. The zero-order chi connectivity index (χ0) is 28.9. The van der Waals surface area contributed by atoms with Crippen LogP contribution in [-0.2, 0) is 20.2 Å². The number of ether oxygens (including phenoxy) is 1. The third-order valence-corrected chi connectivity index (χ3v) is 9.56. The Morgan fingerprint density at radius 2 is 1.68 bits per heavy atom. The van der Waals surface area contributed by atoms with Crippen molar-refractivity contribution in [1.29, 1.82) is 0 Å². The predicted molar refractivity (Wildman–Crippen MR) is 159 cm³/mol. The SMILES string of the molecule is Cc1ccc(S(=O)(=O)N2C=C(c3ccc(Cl)cc3)[C@@]3(CC2)c2ccccc2N(C)[C@@H]3NC(=O)OC(C)(C)C)cc1. The van der Waals surface area contributed by atoms with Gasteiger partial charge in [-0.25, -0.2) is 13.2 Å². The van der Waals surface area contributed by atoms with Gasteiger partial charge in [0.05, 0.1) is 10.3 Å². The second kappa shape index (κ2) is 10.2. The summed E-state index contributed by atoms with van der Waals surface area (Å²) in [6.45, 7) is 7.61. The highest BCUT2D eigenvalue weighted by molar-refractivity contribution is 7.89. The molecular formula is C31H34ClN3O4S. The number of nitrogens with zero attached hydrogens (tertiary/aromatic N) is 2. The van der Waals surface area contributed by atoms with E-state index in [2.05, 4.69) is 11.4 Å². The van der Waals surface area contributed by atoms with E-state index in [1.807, 2.05) is 70.0 Å². The molecule has 1 amide bonds. The zero-order valence-electron chi connectivity index (χ0n) is 23.3. The summed E-state index contributed by atoms with van der Waals surface area (Å²) in [7, 11) is -1.89. The third kappa shape index (κ3) is 4.95. The Bertz CT molecular complexity index is 1560. The van der Waals surface area contributed by atoms with E-state index in [1.165, 1.54) is 4.31 Å². The lowest BCUT2D eigenvalue weighted by Gasteiger charge is -2.45. The number of hydrogen-bond donors (Lipinski definition) is 1. The van der Waals surface area contributed by atoms with Crippen LogP contribution in [0.4, 0.5) is 10.5 Å². The first-order valence-electron chi connectivity index (χ1n) is 13.2. The molecule has 1 spiro atoms. The Kier molecular flexibility index (Phi) is 7.13. The van der Waals surface area contributed by atoms with Gasteiger partial charge in [-0.3, -0.25) is 9.62 Å². The fourth-order valence-electron chi connectivity index (χ4n) is 5.72. The topological polar surface area (TPSA) is 79.0 Å². The third-order valence-electron chi connectivity index (χ3n) is 7.54. The fourth-order valence-corrected chi connectivity index (χ4v) is 7.17. The summed E-state index contributed by atoms with van der Waals surface area (Å²) in [5.74, 6) is 0. The molecule has 7 nitrogen and oxygen atoms in total. The first-order chi connectivity index (χ1) is 18.8. The highest BCUT2D eigenvalue weighted by atomic mass is 35.5. The maximum Gasteiger partial charge on any atom is 0.409 e. The molecule has 0 saturated carbocycles. The number of carbonyl (C=O) groups is 1. The van der Waals surface area contributed by atoms with Gasteiger partial charge in [0, 0.05) is 30.5 Å². The molecule has 9 heteroatoms. The number of amides is 1. The number of fused-ring (bicyclic) bond motifs is 2. The molecule has 3 aromatic rings. The largest absolute Gasteiger partial charge is 0.444 e. The molecule has 0 radical (unpaired) electrons. The molecule has 0 saturated heterocycles. The molecule has 0 bridgehead atoms. The van der Waals surface area contributed by atoms with Crippen molar-refractivity contribution in [3.05, 3.63) is 101 Å². The minimum atomic E-state index is -3.82. The number of para-hydroxylation sites is 1. The van der Waals surface area contributed by atoms with Crippen LogP contribution in [0.25, 0.3) is 5.57 Å². The van der Waals surface area contributed by atoms with Crippen LogP contribution in [0.1, 0.15) is 43.9 Å². The summed E-state index contributed by atoms with van der Waals surface area (Å²) < 4.78 is 34.7. The van der Waals surface area contributed by atoms with Crippen molar-refractivity contribution >= 4 is 39.0 Å². The molecule has 40 heavy (non-hydrogen) atoms. The highest BCUT2D eigenvalue weighted by Gasteiger charge is 2.55. The molecule has 0 fully saturated rings. The Labute approximate surface area is 241 Å². The molecule has 210 valence electrons. The Hall–Kier alpha value is -3.49. The number of alkyl carbamates (subject to hydrolysis) is 1. The number of likely N-dealkylation sites (N-methyl/N-ethyl adjacent to an activating group) is 1. The lowest BCUT2D eigenvalue weighted by atomic mass is 9.67. The van der Waals surface area contributed by atoms with Gasteiger partial charge in [-0.05, 0) is 81.1 Å². The van der Waals surface area contributed by atoms with Crippen molar-refractivity contribution in [3.8, 4) is 0 Å². The van der Waals surface area contributed by atoms with Gasteiger partial charge in [-0.15, -0.1) is 0 Å². The van der Waals surface area contributed by atoms with Crippen molar-refractivity contribution in [2.24, 2.45) is 0 Å². The molecule has 0 unspecified atom stereocenters. The van der Waals surface area contributed by atoms with E-state index in [0.29, 0.717) is 11.4 Å². The van der Waals surface area contributed by atoms with Gasteiger partial charge >= 0.3 is 6.09 Å². The van der Waals surface area contributed by atoms with E-state index in [0.717, 1.165) is 28.0 Å². The van der Waals surface area contributed by atoms with Crippen molar-refractivity contribution in [2.75, 3.05) is 18.5 Å². The summed E-state index contributed by atoms with van der Waals surface area (Å²) in [4.78, 5) is 15.4. The summed E-state index contributed by atoms with van der Waals surface area (Å²) >= 11 is 6.25. The van der Waals surface area contributed by atoms with E-state index in [1.54, 1.807) is 42.6 Å². The lowest BCUT2D eigenvalue weighted by Crippen LogP contribution is -2.58. The van der Waals surface area contributed by atoms with Crippen molar-refractivity contribution in [3.63, 3.8) is 0 Å². The second-order valence-electron chi connectivity index (χ2n) is 11.4. The van der Waals surface area contributed by atoms with Gasteiger partial charge in [0.2, 0.25) is 0 Å². The van der Waals surface area contributed by atoms with Gasteiger partial charge < -0.3 is 9.64 Å². The first-order valence-corrected chi connectivity index (χ1v) is 15.0. The average Bonchev–Trinajstić information content (AvgIpc) is 3.12. The molecule has 0 aromatic heterocycles. The fraction of sp³-hybridized carbons (Fsp3) is 0.323. The van der Waals surface area contributed by atoms with E-state index in [-0.39, 0.29) is 11.4 Å². The van der Waals surface area contributed by atoms with Gasteiger partial charge in [-0.2, -0.15) is 0 Å². The maximum atomic E-state index is 13.8. The van der Waals surface area contributed by atoms with Crippen LogP contribution in [-0.4, -0.2) is 44.2 Å². The van der Waals surface area contributed by atoms with Gasteiger partial charge in [-0.1, -0.05) is 59.6 Å². The zero-order valence-corrected chi connectivity index (χ0v) is 24.9. The van der Waals surface area contributed by atoms with E-state index in [4.69, 9.17) is 16.3 Å². The van der Waals surface area contributed by atoms with Crippen LogP contribution in [0.3, 0.4) is 0 Å². The predicted octanol–water partition coefficient (Wildman–Crippen LogP) is 6.32. The first kappa shape index (κ1) is 28.1. The average molecular weight is 580 g/mol. The molecule has 2 aliphatic heterocycles. The summed E-state index contributed by atoms with van der Waals surface area (Å²) in [6.07, 6.45) is 1.07. The number of anilines is 1. The summed E-state index contributed by atoms with van der Waals surface area (Å²) in [5, 5.41) is 3.70. The van der Waals surface area contributed by atoms with Crippen LogP contribution < -0.4 is 10.2 Å². The number of rotatable bonds is 4. The molecular weight excluding hydrogens is 546 g/mol. The number of halogens is 1. The number of carbonyl (C=O) groups excluding carboxylic acids is 1. The van der Waals surface area contributed by atoms with E-state index < -0.39 is 33.3 Å². The standard InChI is InChI=1S/C31H34ClN3O4S/c1-21-10-16-24(17-11-21)40(37,38)35-19-18-31(26(20-35)22-12-14-23(32)15-13-22)25-8-6-7-9-27(25)34(5)28(31)33-29(36)39-30(2,3)4/h6-17,20,28H,18-19H2,1-5H3,(H,33,36)/t28-,31+/m0/s1. The Balaban J connectivity index is 1.69. The summed E-state index contributed by atoms with van der Waals surface area (Å²) in [5.41, 5.74) is 3.08. The molecule has 5 rings (SSSR count). The van der Waals surface area contributed by atoms with Crippen LogP contribution in [0.15, 0.2) is 83.9 Å². The van der Waals surface area contributed by atoms with Crippen LogP contribution in [0, 0.1) is 6.92 Å². The van der Waals surface area contributed by atoms with Crippen molar-refractivity contribution in [2.45, 2.75) is 56.2 Å². The number of benzene rings is 3. The van der Waals surface area contributed by atoms with Crippen molar-refractivity contribution < 1.29 is 17.9 Å². The molecule has 2 aliphatic rings. The lowest BCUT2D eigenvalue weighted by molar-refractivity contribution is 0.0487. The highest BCUT2D eigenvalue weighted by Crippen LogP contribution is 2.55. The van der Waals surface area contributed by atoms with Crippen LogP contribution in [0.2, 0.25) is 5.02 Å². The van der Waals surface area contributed by atoms with Gasteiger partial charge in [0.15, 0.2) is 0 Å². The molecule has 2 heterocycles. The normalized spacial score (nSPS) is 20.8. The monoisotopic (exact) mass is 579 g/mol. The van der Waals surface area contributed by atoms with E-state index in [9.17, 15) is 13.2 Å². The maximum absolute atomic E-state index is 13.8. The molecule has 3 aromatic carbocycles.